The number of hydrogen-bond acceptors (Lipinski definition) is 2. The van der Waals surface area contributed by atoms with Crippen molar-refractivity contribution < 1.29 is 0 Å². The Morgan fingerprint density at radius 3 is 2.53 bits per heavy atom. The van der Waals surface area contributed by atoms with Crippen molar-refractivity contribution >= 4 is 15.9 Å². The molecule has 1 aromatic heterocycles. The number of nitrogens with one attached hydrogen (secondary N) is 1. The first-order valence-electron chi connectivity index (χ1n) is 6.36. The predicted octanol–water partition coefficient (Wildman–Crippen LogP) is 3.83. The van der Waals surface area contributed by atoms with E-state index in [9.17, 15) is 0 Å². The van der Waals surface area contributed by atoms with Gasteiger partial charge in [0, 0.05) is 0 Å². The van der Waals surface area contributed by atoms with Gasteiger partial charge >= 0.3 is 0 Å². The van der Waals surface area contributed by atoms with Gasteiger partial charge < -0.3 is 10.7 Å². The first kappa shape index (κ1) is 14.3. The van der Waals surface area contributed by atoms with Gasteiger partial charge in [-0.1, -0.05) is 39.0 Å². The highest BCUT2D eigenvalue weighted by Crippen LogP contribution is 2.28. The summed E-state index contributed by atoms with van der Waals surface area (Å²) in [6.07, 6.45) is 1.73. The van der Waals surface area contributed by atoms with E-state index in [-0.39, 0.29) is 11.5 Å². The number of halogens is 1. The van der Waals surface area contributed by atoms with Gasteiger partial charge in [-0.05, 0) is 45.0 Å². The van der Waals surface area contributed by atoms with E-state index in [4.69, 9.17) is 5.73 Å². The molecule has 0 saturated heterocycles. The molecule has 0 amide bonds. The highest BCUT2D eigenvalue weighted by molar-refractivity contribution is 9.10. The van der Waals surface area contributed by atoms with Gasteiger partial charge in [-0.25, -0.2) is 4.98 Å². The Balaban J connectivity index is 2.44. The molecule has 19 heavy (non-hydrogen) atoms. The molecule has 0 bridgehead atoms. The van der Waals surface area contributed by atoms with E-state index in [1.807, 2.05) is 0 Å². The summed E-state index contributed by atoms with van der Waals surface area (Å²) in [4.78, 5) is 7.44. The summed E-state index contributed by atoms with van der Waals surface area (Å²) in [7, 11) is 0. The van der Waals surface area contributed by atoms with Gasteiger partial charge in [0.2, 0.25) is 0 Å². The first-order valence-corrected chi connectivity index (χ1v) is 7.15. The second kappa shape index (κ2) is 5.10. The van der Waals surface area contributed by atoms with Gasteiger partial charge in [0.15, 0.2) is 0 Å². The second-order valence-corrected chi connectivity index (χ2v) is 6.77. The third-order valence-corrected chi connectivity index (χ3v) is 3.74. The molecule has 4 heteroatoms. The minimum Gasteiger partial charge on any atom is -0.335 e. The summed E-state index contributed by atoms with van der Waals surface area (Å²) in [5.74, 6) is 0.779. The van der Waals surface area contributed by atoms with Crippen LogP contribution in [0, 0.1) is 6.92 Å². The van der Waals surface area contributed by atoms with Gasteiger partial charge in [0.05, 0.1) is 12.2 Å². The van der Waals surface area contributed by atoms with E-state index in [0.717, 1.165) is 16.0 Å². The normalized spacial score (nSPS) is 13.6. The lowest BCUT2D eigenvalue weighted by Gasteiger charge is -2.22. The Hall–Kier alpha value is -1.13. The summed E-state index contributed by atoms with van der Waals surface area (Å²) >= 11 is 3.36. The quantitative estimate of drug-likeness (QED) is 0.883. The third kappa shape index (κ3) is 3.07. The molecule has 102 valence electrons. The number of hydrogen-bond donors (Lipinski definition) is 2. The minimum absolute atomic E-state index is 0.117. The van der Waals surface area contributed by atoms with Gasteiger partial charge in [-0.3, -0.25) is 0 Å². The van der Waals surface area contributed by atoms with Crippen LogP contribution in [0.4, 0.5) is 0 Å². The van der Waals surface area contributed by atoms with E-state index in [1.165, 1.54) is 11.1 Å². The number of aryl methyl sites for hydroxylation is 1. The van der Waals surface area contributed by atoms with Crippen molar-refractivity contribution in [1.82, 2.24) is 9.97 Å². The highest BCUT2D eigenvalue weighted by Gasteiger charge is 2.19. The fourth-order valence-corrected chi connectivity index (χ4v) is 2.37. The van der Waals surface area contributed by atoms with Gasteiger partial charge in [0.25, 0.3) is 0 Å². The van der Waals surface area contributed by atoms with Crippen LogP contribution in [-0.4, -0.2) is 9.97 Å². The molecule has 0 spiro atoms. The Morgan fingerprint density at radius 2 is 2.00 bits per heavy atom. The Bertz CT molecular complexity index is 581. The molecule has 1 atom stereocenters. The van der Waals surface area contributed by atoms with Gasteiger partial charge in [-0.15, -0.1) is 0 Å². The van der Waals surface area contributed by atoms with Crippen LogP contribution in [0.15, 0.2) is 29.0 Å². The molecule has 1 heterocycles. The van der Waals surface area contributed by atoms with E-state index < -0.39 is 0 Å². The molecule has 2 rings (SSSR count). The maximum absolute atomic E-state index is 6.33. The van der Waals surface area contributed by atoms with Gasteiger partial charge in [0.1, 0.15) is 10.4 Å². The average Bonchev–Trinajstić information content (AvgIpc) is 2.74. The van der Waals surface area contributed by atoms with Crippen molar-refractivity contribution in [1.29, 1.82) is 0 Å². The Kier molecular flexibility index (Phi) is 3.83. The molecule has 3 nitrogen and oxygen atoms in total. The average molecular weight is 322 g/mol. The molecule has 1 aromatic carbocycles. The SMILES string of the molecule is Cc1ccc(C(C)(C)C)cc1C(N)c1ncc(Br)[nH]1. The first-order chi connectivity index (χ1) is 8.79. The lowest BCUT2D eigenvalue weighted by Crippen LogP contribution is -2.17. The van der Waals surface area contributed by atoms with E-state index >= 15 is 0 Å². The zero-order valence-corrected chi connectivity index (χ0v) is 13.4. The molecule has 3 N–H and O–H groups in total. The summed E-state index contributed by atoms with van der Waals surface area (Å²) in [6.45, 7) is 8.70. The largest absolute Gasteiger partial charge is 0.335 e. The van der Waals surface area contributed by atoms with Crippen LogP contribution in [0.25, 0.3) is 0 Å². The van der Waals surface area contributed by atoms with Crippen molar-refractivity contribution in [2.45, 2.75) is 39.2 Å². The number of imidazole rings is 1. The zero-order chi connectivity index (χ0) is 14.2. The number of benzene rings is 1. The fraction of sp³-hybridized carbons (Fsp3) is 0.400. The fourth-order valence-electron chi connectivity index (χ4n) is 2.06. The molecule has 0 saturated carbocycles. The van der Waals surface area contributed by atoms with Crippen LogP contribution in [0.2, 0.25) is 0 Å². The summed E-state index contributed by atoms with van der Waals surface area (Å²) < 4.78 is 0.850. The Labute approximate surface area is 122 Å². The topological polar surface area (TPSA) is 54.7 Å². The van der Waals surface area contributed by atoms with Crippen molar-refractivity contribution in [3.63, 3.8) is 0 Å². The maximum atomic E-state index is 6.33. The molecular formula is C15H20BrN3. The number of nitrogens with two attached hydrogens (primary N) is 1. The van der Waals surface area contributed by atoms with Gasteiger partial charge in [-0.2, -0.15) is 0 Å². The Morgan fingerprint density at radius 1 is 1.32 bits per heavy atom. The minimum atomic E-state index is -0.228. The third-order valence-electron chi connectivity index (χ3n) is 3.34. The molecular weight excluding hydrogens is 302 g/mol. The van der Waals surface area contributed by atoms with Crippen LogP contribution in [-0.2, 0) is 5.41 Å². The number of H-pyrrole nitrogens is 1. The van der Waals surface area contributed by atoms with Crippen LogP contribution in [0.1, 0.15) is 49.3 Å². The number of rotatable bonds is 2. The number of nitrogens with zero attached hydrogens (tertiary/aromatic N) is 1. The summed E-state index contributed by atoms with van der Waals surface area (Å²) in [5, 5.41) is 0. The lowest BCUT2D eigenvalue weighted by molar-refractivity contribution is 0.588. The van der Waals surface area contributed by atoms with Crippen LogP contribution >= 0.6 is 15.9 Å². The number of aromatic amines is 1. The summed E-state index contributed by atoms with van der Waals surface area (Å²) in [6, 6.07) is 6.27. The van der Waals surface area contributed by atoms with Crippen LogP contribution in [0.5, 0.6) is 0 Å². The standard InChI is InChI=1S/C15H20BrN3/c1-9-5-6-10(15(2,3)4)7-11(9)13(17)14-18-8-12(16)19-14/h5-8,13H,17H2,1-4H3,(H,18,19). The summed E-state index contributed by atoms with van der Waals surface area (Å²) in [5.41, 5.74) is 10.0. The van der Waals surface area contributed by atoms with E-state index in [0.29, 0.717) is 0 Å². The lowest BCUT2D eigenvalue weighted by atomic mass is 9.84. The van der Waals surface area contributed by atoms with Crippen molar-refractivity contribution in [3.05, 3.63) is 51.5 Å². The smallest absolute Gasteiger partial charge is 0.128 e. The van der Waals surface area contributed by atoms with Crippen molar-refractivity contribution in [2.24, 2.45) is 5.73 Å². The van der Waals surface area contributed by atoms with Crippen molar-refractivity contribution in [2.75, 3.05) is 0 Å². The van der Waals surface area contributed by atoms with Crippen LogP contribution in [0.3, 0.4) is 0 Å². The second-order valence-electron chi connectivity index (χ2n) is 5.92. The number of aromatic nitrogens is 2. The monoisotopic (exact) mass is 321 g/mol. The van der Waals surface area contributed by atoms with Crippen LogP contribution < -0.4 is 5.73 Å². The predicted molar refractivity (Wildman–Crippen MR) is 82.2 cm³/mol. The van der Waals surface area contributed by atoms with E-state index in [1.54, 1.807) is 6.20 Å². The molecule has 0 aliphatic carbocycles. The molecule has 0 aliphatic rings. The molecule has 0 fully saturated rings. The van der Waals surface area contributed by atoms with E-state index in [2.05, 4.69) is 71.8 Å². The zero-order valence-electron chi connectivity index (χ0n) is 11.8. The highest BCUT2D eigenvalue weighted by atomic mass is 79.9. The molecule has 2 aromatic rings. The van der Waals surface area contributed by atoms with Crippen molar-refractivity contribution in [3.8, 4) is 0 Å². The molecule has 1 unspecified atom stereocenters. The maximum Gasteiger partial charge on any atom is 0.128 e. The molecule has 0 radical (unpaired) electrons. The molecule has 0 aliphatic heterocycles.